The minimum atomic E-state index is -0.770. The van der Waals surface area contributed by atoms with E-state index < -0.39 is 18.2 Å². The van der Waals surface area contributed by atoms with Gasteiger partial charge in [0.25, 0.3) is 0 Å². The Morgan fingerprint density at radius 2 is 2.12 bits per heavy atom. The molecule has 0 amide bonds. The van der Waals surface area contributed by atoms with Crippen LogP contribution < -0.4 is 0 Å². The van der Waals surface area contributed by atoms with Gasteiger partial charge in [-0.15, -0.1) is 0 Å². The van der Waals surface area contributed by atoms with Crippen LogP contribution in [0, 0.1) is 11.8 Å². The van der Waals surface area contributed by atoms with Gasteiger partial charge in [0.15, 0.2) is 0 Å². The maximum atomic E-state index is 10.5. The van der Waals surface area contributed by atoms with Crippen molar-refractivity contribution in [2.24, 2.45) is 11.8 Å². The molecule has 0 aromatic heterocycles. The molecule has 1 heterocycles. The van der Waals surface area contributed by atoms with E-state index >= 15 is 0 Å². The number of carbonyl (C=O) groups is 1. The molecule has 3 N–H and O–H groups in total. The summed E-state index contributed by atoms with van der Waals surface area (Å²) >= 11 is 0. The average molecular weight is 375 g/mol. The molecule has 26 heavy (non-hydrogen) atoms. The zero-order valence-corrected chi connectivity index (χ0v) is 18.1. The van der Waals surface area contributed by atoms with Crippen LogP contribution in [-0.4, -0.2) is 69.2 Å². The zero-order chi connectivity index (χ0) is 18.2. The molecule has 2 rings (SSSR count). The van der Waals surface area contributed by atoms with E-state index in [1.807, 2.05) is 18.2 Å². The SMILES string of the molecule is CCCCC[C@H](O)/C=C/[C@@H]1[C@H]2C/C(=C\CCCC(=O)O)O[C@H]2C[C@H]1O.[Na]. The predicted molar refractivity (Wildman–Crippen MR) is 102 cm³/mol. The van der Waals surface area contributed by atoms with Gasteiger partial charge in [0, 0.05) is 60.7 Å². The molecule has 1 saturated carbocycles. The molecule has 1 saturated heterocycles. The fourth-order valence-corrected chi connectivity index (χ4v) is 3.86. The van der Waals surface area contributed by atoms with Crippen molar-refractivity contribution >= 4 is 35.5 Å². The zero-order valence-electron chi connectivity index (χ0n) is 16.1. The molecule has 0 spiro atoms. The van der Waals surface area contributed by atoms with Crippen LogP contribution in [0.1, 0.15) is 64.7 Å². The molecular weight excluding hydrogens is 343 g/mol. The van der Waals surface area contributed by atoms with Crippen LogP contribution in [-0.2, 0) is 9.53 Å². The molecule has 2 fully saturated rings. The van der Waals surface area contributed by atoms with Gasteiger partial charge in [0.05, 0.1) is 18.0 Å². The van der Waals surface area contributed by atoms with Crippen LogP contribution in [0.3, 0.4) is 0 Å². The maximum absolute atomic E-state index is 10.5. The number of hydrogen-bond acceptors (Lipinski definition) is 4. The predicted octanol–water partition coefficient (Wildman–Crippen LogP) is 3.03. The van der Waals surface area contributed by atoms with Crippen molar-refractivity contribution in [1.29, 1.82) is 0 Å². The summed E-state index contributed by atoms with van der Waals surface area (Å²) in [6, 6.07) is 0. The summed E-state index contributed by atoms with van der Waals surface area (Å²) in [5.41, 5.74) is 0. The summed E-state index contributed by atoms with van der Waals surface area (Å²) < 4.78 is 5.94. The maximum Gasteiger partial charge on any atom is 0.303 e. The van der Waals surface area contributed by atoms with Gasteiger partial charge in [0.2, 0.25) is 0 Å². The normalized spacial score (nSPS) is 30.2. The molecule has 1 radical (unpaired) electrons. The van der Waals surface area contributed by atoms with E-state index in [0.29, 0.717) is 19.3 Å². The molecule has 0 aromatic carbocycles. The molecule has 2 aliphatic rings. The summed E-state index contributed by atoms with van der Waals surface area (Å²) in [4.78, 5) is 10.5. The van der Waals surface area contributed by atoms with Crippen molar-refractivity contribution < 1.29 is 24.9 Å². The van der Waals surface area contributed by atoms with Gasteiger partial charge in [-0.25, -0.2) is 0 Å². The summed E-state index contributed by atoms with van der Waals surface area (Å²) in [7, 11) is 0. The topological polar surface area (TPSA) is 87.0 Å². The number of carboxylic acid groups (broad SMARTS) is 1. The van der Waals surface area contributed by atoms with E-state index in [-0.39, 0.29) is 53.9 Å². The second-order valence-corrected chi connectivity index (χ2v) is 7.31. The van der Waals surface area contributed by atoms with Crippen LogP contribution in [0.15, 0.2) is 24.0 Å². The van der Waals surface area contributed by atoms with Gasteiger partial charge >= 0.3 is 5.97 Å². The van der Waals surface area contributed by atoms with E-state index in [0.717, 1.165) is 37.9 Å². The van der Waals surface area contributed by atoms with E-state index in [4.69, 9.17) is 9.84 Å². The van der Waals surface area contributed by atoms with Crippen molar-refractivity contribution in [3.05, 3.63) is 24.0 Å². The van der Waals surface area contributed by atoms with Gasteiger partial charge in [-0.3, -0.25) is 4.79 Å². The first-order valence-electron chi connectivity index (χ1n) is 9.63. The number of allylic oxidation sites excluding steroid dienone is 2. The van der Waals surface area contributed by atoms with Crippen LogP contribution in [0.5, 0.6) is 0 Å². The monoisotopic (exact) mass is 375 g/mol. The molecule has 0 unspecified atom stereocenters. The smallest absolute Gasteiger partial charge is 0.303 e. The summed E-state index contributed by atoms with van der Waals surface area (Å²) in [6.45, 7) is 2.14. The Labute approximate surface area is 178 Å². The third-order valence-corrected chi connectivity index (χ3v) is 5.26. The second-order valence-electron chi connectivity index (χ2n) is 7.31. The Hall–Kier alpha value is -0.330. The Balaban J connectivity index is 0.00000338. The number of aliphatic hydroxyl groups is 2. The first kappa shape index (κ1) is 23.7. The third-order valence-electron chi connectivity index (χ3n) is 5.26. The Kier molecular flexibility index (Phi) is 11.1. The number of fused-ring (bicyclic) bond motifs is 1. The minimum absolute atomic E-state index is 0. The van der Waals surface area contributed by atoms with Crippen LogP contribution in [0.2, 0.25) is 0 Å². The molecule has 1 aliphatic heterocycles. The Bertz CT molecular complexity index is 491. The first-order valence-corrected chi connectivity index (χ1v) is 9.63. The first-order chi connectivity index (χ1) is 12.0. The number of carboxylic acids is 1. The number of rotatable bonds is 10. The third kappa shape index (κ3) is 7.35. The van der Waals surface area contributed by atoms with Crippen LogP contribution in [0.4, 0.5) is 0 Å². The van der Waals surface area contributed by atoms with E-state index in [2.05, 4.69) is 6.92 Å². The molecule has 5 atom stereocenters. The van der Waals surface area contributed by atoms with E-state index in [1.54, 1.807) is 0 Å². The second kappa shape index (κ2) is 12.2. The van der Waals surface area contributed by atoms with Crippen molar-refractivity contribution in [3.8, 4) is 0 Å². The average Bonchev–Trinajstić information content (AvgIpc) is 3.06. The number of hydrogen-bond donors (Lipinski definition) is 3. The number of aliphatic hydroxyl groups excluding tert-OH is 2. The van der Waals surface area contributed by atoms with Crippen LogP contribution in [0.25, 0.3) is 0 Å². The standard InChI is InChI=1S/C20H32O5.Na/c1-2-3-4-7-14(21)10-11-16-17-12-15(8-5-6-9-20(23)24)25-19(17)13-18(16)22;/h8,10-11,14,16-19,21-22H,2-7,9,12-13H2,1H3,(H,23,24);/b11-10+,15-8+;/t14-,16+,17+,18+,19-;/m0./s1. The van der Waals surface area contributed by atoms with Crippen molar-refractivity contribution in [3.63, 3.8) is 0 Å². The van der Waals surface area contributed by atoms with Gasteiger partial charge in [-0.2, -0.15) is 0 Å². The molecule has 0 aromatic rings. The fraction of sp³-hybridized carbons (Fsp3) is 0.750. The van der Waals surface area contributed by atoms with Gasteiger partial charge < -0.3 is 20.1 Å². The molecule has 6 heteroatoms. The summed E-state index contributed by atoms with van der Waals surface area (Å²) in [5, 5.41) is 29.0. The molecule has 1 aliphatic carbocycles. The van der Waals surface area contributed by atoms with Gasteiger partial charge in [-0.05, 0) is 25.3 Å². The largest absolute Gasteiger partial charge is 0.495 e. The molecule has 0 bridgehead atoms. The van der Waals surface area contributed by atoms with E-state index in [1.165, 1.54) is 0 Å². The van der Waals surface area contributed by atoms with Gasteiger partial charge in [-0.1, -0.05) is 38.3 Å². The number of aliphatic carboxylic acids is 1. The fourth-order valence-electron chi connectivity index (χ4n) is 3.86. The summed E-state index contributed by atoms with van der Waals surface area (Å²) in [6.07, 6.45) is 12.0. The number of ether oxygens (including phenoxy) is 1. The Morgan fingerprint density at radius 1 is 1.35 bits per heavy atom. The van der Waals surface area contributed by atoms with Crippen molar-refractivity contribution in [2.45, 2.75) is 83.0 Å². The number of unbranched alkanes of at least 4 members (excludes halogenated alkanes) is 3. The quantitative estimate of drug-likeness (QED) is 0.310. The van der Waals surface area contributed by atoms with Crippen molar-refractivity contribution in [2.75, 3.05) is 0 Å². The molecule has 5 nitrogen and oxygen atoms in total. The molecule has 143 valence electrons. The Morgan fingerprint density at radius 3 is 2.81 bits per heavy atom. The van der Waals surface area contributed by atoms with Gasteiger partial charge in [0.1, 0.15) is 6.10 Å². The van der Waals surface area contributed by atoms with Crippen molar-refractivity contribution in [1.82, 2.24) is 0 Å². The minimum Gasteiger partial charge on any atom is -0.495 e. The molecular formula is C20H32NaO5. The summed E-state index contributed by atoms with van der Waals surface area (Å²) in [5.74, 6) is 0.429. The van der Waals surface area contributed by atoms with E-state index in [9.17, 15) is 15.0 Å². The van der Waals surface area contributed by atoms with Crippen LogP contribution >= 0.6 is 0 Å².